The van der Waals surface area contributed by atoms with Crippen molar-refractivity contribution in [2.75, 3.05) is 20.2 Å². The van der Waals surface area contributed by atoms with Crippen LogP contribution in [0, 0.1) is 0 Å². The number of methoxy groups -OCH3 is 1. The second-order valence-corrected chi connectivity index (χ2v) is 4.53. The summed E-state index contributed by atoms with van der Waals surface area (Å²) >= 11 is 0. The van der Waals surface area contributed by atoms with Gasteiger partial charge >= 0.3 is 5.97 Å². The van der Waals surface area contributed by atoms with E-state index in [1.165, 1.54) is 12.7 Å². The third-order valence-corrected chi connectivity index (χ3v) is 3.47. The van der Waals surface area contributed by atoms with E-state index in [-0.39, 0.29) is 5.97 Å². The van der Waals surface area contributed by atoms with E-state index in [1.54, 1.807) is 6.20 Å². The van der Waals surface area contributed by atoms with Gasteiger partial charge in [0.1, 0.15) is 11.3 Å². The Morgan fingerprint density at radius 1 is 1.56 bits per heavy atom. The van der Waals surface area contributed by atoms with Crippen LogP contribution in [0.1, 0.15) is 28.4 Å². The molecule has 0 aliphatic carbocycles. The van der Waals surface area contributed by atoms with Crippen molar-refractivity contribution in [3.8, 4) is 0 Å². The Balaban J connectivity index is 2.09. The van der Waals surface area contributed by atoms with Crippen molar-refractivity contribution in [3.63, 3.8) is 0 Å². The summed E-state index contributed by atoms with van der Waals surface area (Å²) in [7, 11) is 1.38. The number of aromatic nitrogens is 2. The number of carbonyl (C=O) groups is 1. The monoisotopic (exact) mass is 245 g/mol. The number of esters is 1. The quantitative estimate of drug-likeness (QED) is 0.785. The van der Waals surface area contributed by atoms with Gasteiger partial charge < -0.3 is 15.0 Å². The maximum atomic E-state index is 11.5. The molecule has 2 aromatic rings. The van der Waals surface area contributed by atoms with E-state index in [1.807, 2.05) is 12.1 Å². The number of hydrogen-bond donors (Lipinski definition) is 2. The molecule has 1 atom stereocenters. The van der Waals surface area contributed by atoms with E-state index in [0.717, 1.165) is 30.5 Å². The average molecular weight is 245 g/mol. The van der Waals surface area contributed by atoms with E-state index >= 15 is 0 Å². The van der Waals surface area contributed by atoms with E-state index in [0.29, 0.717) is 11.6 Å². The van der Waals surface area contributed by atoms with Crippen LogP contribution in [0.25, 0.3) is 11.0 Å². The molecule has 18 heavy (non-hydrogen) atoms. The molecule has 0 aromatic carbocycles. The number of H-pyrrole nitrogens is 1. The first-order valence-electron chi connectivity index (χ1n) is 6.06. The first-order valence-corrected chi connectivity index (χ1v) is 6.06. The summed E-state index contributed by atoms with van der Waals surface area (Å²) in [6.07, 6.45) is 2.91. The van der Waals surface area contributed by atoms with Gasteiger partial charge in [0.2, 0.25) is 0 Å². The molecule has 1 aliphatic rings. The van der Waals surface area contributed by atoms with Crippen LogP contribution in [0.3, 0.4) is 0 Å². The maximum Gasteiger partial charge on any atom is 0.354 e. The predicted molar refractivity (Wildman–Crippen MR) is 67.7 cm³/mol. The van der Waals surface area contributed by atoms with Gasteiger partial charge in [-0.25, -0.2) is 9.78 Å². The summed E-state index contributed by atoms with van der Waals surface area (Å²) < 4.78 is 4.72. The van der Waals surface area contributed by atoms with Gasteiger partial charge in [-0.1, -0.05) is 0 Å². The largest absolute Gasteiger partial charge is 0.464 e. The topological polar surface area (TPSA) is 67.0 Å². The van der Waals surface area contributed by atoms with Crippen LogP contribution >= 0.6 is 0 Å². The molecule has 0 radical (unpaired) electrons. The van der Waals surface area contributed by atoms with Crippen LogP contribution in [-0.4, -0.2) is 36.1 Å². The number of fused-ring (bicyclic) bond motifs is 1. The molecule has 5 heteroatoms. The number of hydrogen-bond acceptors (Lipinski definition) is 4. The van der Waals surface area contributed by atoms with Gasteiger partial charge in [-0.15, -0.1) is 0 Å². The lowest BCUT2D eigenvalue weighted by Gasteiger charge is -2.09. The lowest BCUT2D eigenvalue weighted by molar-refractivity contribution is 0.0595. The number of pyridine rings is 1. The molecule has 2 aromatic heterocycles. The van der Waals surface area contributed by atoms with Crippen LogP contribution in [0.15, 0.2) is 18.3 Å². The molecule has 0 saturated carbocycles. The highest BCUT2D eigenvalue weighted by atomic mass is 16.5. The van der Waals surface area contributed by atoms with Crippen molar-refractivity contribution in [2.24, 2.45) is 0 Å². The van der Waals surface area contributed by atoms with Crippen molar-refractivity contribution < 1.29 is 9.53 Å². The van der Waals surface area contributed by atoms with Crippen LogP contribution in [-0.2, 0) is 4.74 Å². The van der Waals surface area contributed by atoms with Crippen molar-refractivity contribution in [1.29, 1.82) is 0 Å². The van der Waals surface area contributed by atoms with Crippen LogP contribution in [0.4, 0.5) is 0 Å². The van der Waals surface area contributed by atoms with Gasteiger partial charge in [0.25, 0.3) is 0 Å². The van der Waals surface area contributed by atoms with Gasteiger partial charge in [0.05, 0.1) is 7.11 Å². The zero-order valence-corrected chi connectivity index (χ0v) is 10.2. The minimum absolute atomic E-state index is 0.358. The van der Waals surface area contributed by atoms with Crippen LogP contribution in [0.2, 0.25) is 0 Å². The number of nitrogens with zero attached hydrogens (tertiary/aromatic N) is 1. The Bertz CT molecular complexity index is 585. The Labute approximate surface area is 105 Å². The third kappa shape index (κ3) is 1.76. The van der Waals surface area contributed by atoms with E-state index in [4.69, 9.17) is 4.74 Å². The second kappa shape index (κ2) is 4.42. The Morgan fingerprint density at radius 2 is 2.44 bits per heavy atom. The highest BCUT2D eigenvalue weighted by Gasteiger charge is 2.21. The number of nitrogens with one attached hydrogen (secondary N) is 2. The molecule has 1 saturated heterocycles. The van der Waals surface area contributed by atoms with E-state index in [9.17, 15) is 4.79 Å². The fourth-order valence-electron chi connectivity index (χ4n) is 2.54. The molecule has 1 fully saturated rings. The maximum absolute atomic E-state index is 11.5. The fourth-order valence-corrected chi connectivity index (χ4v) is 2.54. The zero-order chi connectivity index (χ0) is 12.5. The molecular weight excluding hydrogens is 230 g/mol. The number of ether oxygens (including phenoxy) is 1. The summed E-state index contributed by atoms with van der Waals surface area (Å²) in [5.74, 6) is 0.139. The van der Waals surface area contributed by atoms with Gasteiger partial charge in [-0.05, 0) is 36.6 Å². The summed E-state index contributed by atoms with van der Waals surface area (Å²) in [5.41, 5.74) is 2.45. The third-order valence-electron chi connectivity index (χ3n) is 3.47. The summed E-state index contributed by atoms with van der Waals surface area (Å²) in [4.78, 5) is 18.8. The normalized spacial score (nSPS) is 19.3. The predicted octanol–water partition coefficient (Wildman–Crippen LogP) is 1.43. The lowest BCUT2D eigenvalue weighted by Crippen LogP contribution is -2.08. The van der Waals surface area contributed by atoms with Crippen LogP contribution < -0.4 is 5.32 Å². The zero-order valence-electron chi connectivity index (χ0n) is 10.2. The van der Waals surface area contributed by atoms with E-state index in [2.05, 4.69) is 15.3 Å². The fraction of sp³-hybridized carbons (Fsp3) is 0.385. The average Bonchev–Trinajstić information content (AvgIpc) is 3.05. The number of rotatable bonds is 2. The SMILES string of the molecule is COC(=O)c1cc2c(C3CCNC3)ccnc2[nH]1. The smallest absolute Gasteiger partial charge is 0.354 e. The molecule has 0 spiro atoms. The van der Waals surface area contributed by atoms with Crippen LogP contribution in [0.5, 0.6) is 0 Å². The number of carbonyl (C=O) groups excluding carboxylic acids is 1. The Hall–Kier alpha value is -1.88. The van der Waals surface area contributed by atoms with Crippen molar-refractivity contribution >= 4 is 17.0 Å². The molecule has 0 bridgehead atoms. The van der Waals surface area contributed by atoms with Crippen molar-refractivity contribution in [1.82, 2.24) is 15.3 Å². The van der Waals surface area contributed by atoms with Gasteiger partial charge in [0.15, 0.2) is 0 Å². The molecule has 1 aliphatic heterocycles. The molecule has 2 N–H and O–H groups in total. The molecule has 5 nitrogen and oxygen atoms in total. The standard InChI is InChI=1S/C13H15N3O2/c1-18-13(17)11-6-10-9(8-2-4-14-7-8)3-5-15-12(10)16-11/h3,5-6,8,14H,2,4,7H2,1H3,(H,15,16). The molecule has 1 unspecified atom stereocenters. The Kier molecular flexibility index (Phi) is 2.76. The molecule has 0 amide bonds. The molecule has 3 rings (SSSR count). The van der Waals surface area contributed by atoms with E-state index < -0.39 is 0 Å². The van der Waals surface area contributed by atoms with Crippen molar-refractivity contribution in [2.45, 2.75) is 12.3 Å². The number of aromatic amines is 1. The van der Waals surface area contributed by atoms with Crippen molar-refractivity contribution in [3.05, 3.63) is 29.6 Å². The van der Waals surface area contributed by atoms with Gasteiger partial charge in [-0.3, -0.25) is 0 Å². The first-order chi connectivity index (χ1) is 8.79. The molecule has 3 heterocycles. The minimum Gasteiger partial charge on any atom is -0.464 e. The highest BCUT2D eigenvalue weighted by molar-refractivity contribution is 5.94. The highest BCUT2D eigenvalue weighted by Crippen LogP contribution is 2.29. The second-order valence-electron chi connectivity index (χ2n) is 4.53. The summed E-state index contributed by atoms with van der Waals surface area (Å²) in [6, 6.07) is 3.87. The Morgan fingerprint density at radius 3 is 3.17 bits per heavy atom. The van der Waals surface area contributed by atoms with Gasteiger partial charge in [0, 0.05) is 18.1 Å². The molecular formula is C13H15N3O2. The van der Waals surface area contributed by atoms with Gasteiger partial charge in [-0.2, -0.15) is 0 Å². The summed E-state index contributed by atoms with van der Waals surface area (Å²) in [5, 5.41) is 4.37. The minimum atomic E-state index is -0.358. The first kappa shape index (κ1) is 11.2. The molecule has 94 valence electrons. The lowest BCUT2D eigenvalue weighted by atomic mass is 9.97. The summed E-state index contributed by atoms with van der Waals surface area (Å²) in [6.45, 7) is 2.03.